The van der Waals surface area contributed by atoms with Crippen molar-refractivity contribution in [2.24, 2.45) is 0 Å². The Hall–Kier alpha value is -1.75. The minimum Gasteiger partial charge on any atom is -0.486 e. The van der Waals surface area contributed by atoms with Gasteiger partial charge in [0.1, 0.15) is 13.2 Å². The molecule has 0 unspecified atom stereocenters. The molecule has 19 heavy (non-hydrogen) atoms. The number of carbonyl (C=O) groups excluding carboxylic acids is 1. The Bertz CT molecular complexity index is 441. The van der Waals surface area contributed by atoms with Crippen molar-refractivity contribution in [2.45, 2.75) is 13.3 Å². The Morgan fingerprint density at radius 1 is 1.32 bits per heavy atom. The van der Waals surface area contributed by atoms with Crippen LogP contribution in [0.3, 0.4) is 0 Å². The summed E-state index contributed by atoms with van der Waals surface area (Å²) < 4.78 is 11.0. The smallest absolute Gasteiger partial charge is 0.257 e. The monoisotopic (exact) mass is 265 g/mol. The normalized spacial score (nSPS) is 13.2. The molecule has 2 rings (SSSR count). The molecular weight excluding hydrogens is 246 g/mol. The van der Waals surface area contributed by atoms with E-state index in [9.17, 15) is 4.79 Å². The van der Waals surface area contributed by atoms with Gasteiger partial charge in [-0.25, -0.2) is 0 Å². The maximum atomic E-state index is 12.5. The number of hydrogen-bond donors (Lipinski definition) is 1. The van der Waals surface area contributed by atoms with Crippen LogP contribution in [0.5, 0.6) is 11.5 Å². The number of para-hydroxylation sites is 1. The summed E-state index contributed by atoms with van der Waals surface area (Å²) in [5, 5.41) is 9.05. The molecule has 1 aromatic rings. The van der Waals surface area contributed by atoms with Crippen LogP contribution in [0.4, 0.5) is 0 Å². The van der Waals surface area contributed by atoms with E-state index in [4.69, 9.17) is 14.6 Å². The molecule has 0 aromatic heterocycles. The fourth-order valence-electron chi connectivity index (χ4n) is 2.12. The van der Waals surface area contributed by atoms with Crippen LogP contribution in [-0.4, -0.2) is 48.8 Å². The molecular formula is C14H19NO4. The SMILES string of the molecule is CCCN(CCO)C(=O)c1cccc2c1OCCO2. The molecule has 1 aromatic carbocycles. The molecule has 0 spiro atoms. The Morgan fingerprint density at radius 3 is 2.84 bits per heavy atom. The van der Waals surface area contributed by atoms with Crippen LogP contribution in [0.2, 0.25) is 0 Å². The maximum absolute atomic E-state index is 12.5. The second-order valence-electron chi connectivity index (χ2n) is 4.35. The van der Waals surface area contributed by atoms with E-state index in [1.807, 2.05) is 6.92 Å². The van der Waals surface area contributed by atoms with E-state index in [0.29, 0.717) is 43.4 Å². The predicted molar refractivity (Wildman–Crippen MR) is 70.7 cm³/mol. The minimum atomic E-state index is -0.127. The standard InChI is InChI=1S/C14H19NO4/c1-2-6-15(7-8-16)14(17)11-4-3-5-12-13(11)19-10-9-18-12/h3-5,16H,2,6-10H2,1H3. The number of carbonyl (C=O) groups is 1. The van der Waals surface area contributed by atoms with Gasteiger partial charge in [-0.15, -0.1) is 0 Å². The average Bonchev–Trinajstić information content (AvgIpc) is 2.46. The second kappa shape index (κ2) is 6.43. The van der Waals surface area contributed by atoms with Gasteiger partial charge in [0.15, 0.2) is 11.5 Å². The lowest BCUT2D eigenvalue weighted by Gasteiger charge is -2.25. The first-order valence-electron chi connectivity index (χ1n) is 6.56. The van der Waals surface area contributed by atoms with Gasteiger partial charge in [-0.05, 0) is 18.6 Å². The minimum absolute atomic E-state index is 0.0435. The van der Waals surface area contributed by atoms with Gasteiger partial charge in [0.2, 0.25) is 0 Å². The van der Waals surface area contributed by atoms with Gasteiger partial charge in [0, 0.05) is 13.1 Å². The molecule has 0 radical (unpaired) electrons. The summed E-state index contributed by atoms with van der Waals surface area (Å²) in [7, 11) is 0. The van der Waals surface area contributed by atoms with E-state index in [0.717, 1.165) is 6.42 Å². The number of fused-ring (bicyclic) bond motifs is 1. The summed E-state index contributed by atoms with van der Waals surface area (Å²) >= 11 is 0. The van der Waals surface area contributed by atoms with E-state index in [1.54, 1.807) is 23.1 Å². The van der Waals surface area contributed by atoms with Crippen LogP contribution in [-0.2, 0) is 0 Å². The van der Waals surface area contributed by atoms with E-state index >= 15 is 0 Å². The predicted octanol–water partition coefficient (Wildman–Crippen LogP) is 1.30. The Kier molecular flexibility index (Phi) is 4.63. The molecule has 0 saturated heterocycles. The Morgan fingerprint density at radius 2 is 2.11 bits per heavy atom. The van der Waals surface area contributed by atoms with Crippen LogP contribution in [0.25, 0.3) is 0 Å². The molecule has 5 heteroatoms. The highest BCUT2D eigenvalue weighted by Gasteiger charge is 2.23. The highest BCUT2D eigenvalue weighted by Crippen LogP contribution is 2.34. The second-order valence-corrected chi connectivity index (χ2v) is 4.35. The third-order valence-corrected chi connectivity index (χ3v) is 2.95. The summed E-state index contributed by atoms with van der Waals surface area (Å²) in [5.74, 6) is 0.994. The number of aliphatic hydroxyl groups is 1. The zero-order valence-corrected chi connectivity index (χ0v) is 11.1. The van der Waals surface area contributed by atoms with Gasteiger partial charge in [-0.2, -0.15) is 0 Å². The van der Waals surface area contributed by atoms with E-state index in [-0.39, 0.29) is 12.5 Å². The van der Waals surface area contributed by atoms with Crippen molar-refractivity contribution in [3.8, 4) is 11.5 Å². The fourth-order valence-corrected chi connectivity index (χ4v) is 2.12. The van der Waals surface area contributed by atoms with Crippen molar-refractivity contribution in [1.29, 1.82) is 0 Å². The maximum Gasteiger partial charge on any atom is 0.257 e. The quantitative estimate of drug-likeness (QED) is 0.872. The fraction of sp³-hybridized carbons (Fsp3) is 0.500. The van der Waals surface area contributed by atoms with Crippen LogP contribution in [0.1, 0.15) is 23.7 Å². The third kappa shape index (κ3) is 2.98. The van der Waals surface area contributed by atoms with Gasteiger partial charge in [0.25, 0.3) is 5.91 Å². The lowest BCUT2D eigenvalue weighted by atomic mass is 10.1. The summed E-state index contributed by atoms with van der Waals surface area (Å²) in [6.07, 6.45) is 0.845. The van der Waals surface area contributed by atoms with Gasteiger partial charge >= 0.3 is 0 Å². The topological polar surface area (TPSA) is 59.0 Å². The van der Waals surface area contributed by atoms with E-state index in [1.165, 1.54) is 0 Å². The highest BCUT2D eigenvalue weighted by atomic mass is 16.6. The van der Waals surface area contributed by atoms with E-state index < -0.39 is 0 Å². The summed E-state index contributed by atoms with van der Waals surface area (Å²) in [4.78, 5) is 14.1. The van der Waals surface area contributed by atoms with E-state index in [2.05, 4.69) is 0 Å². The number of ether oxygens (including phenoxy) is 2. The lowest BCUT2D eigenvalue weighted by molar-refractivity contribution is 0.0712. The molecule has 0 fully saturated rings. The largest absolute Gasteiger partial charge is 0.486 e. The number of amides is 1. The van der Waals surface area contributed by atoms with Crippen molar-refractivity contribution < 1.29 is 19.4 Å². The van der Waals surface area contributed by atoms with Crippen molar-refractivity contribution >= 4 is 5.91 Å². The zero-order valence-electron chi connectivity index (χ0n) is 11.1. The molecule has 0 saturated carbocycles. The first-order valence-corrected chi connectivity index (χ1v) is 6.56. The number of hydrogen-bond acceptors (Lipinski definition) is 4. The molecule has 0 bridgehead atoms. The zero-order chi connectivity index (χ0) is 13.7. The molecule has 1 heterocycles. The molecule has 1 amide bonds. The lowest BCUT2D eigenvalue weighted by Crippen LogP contribution is -2.34. The Labute approximate surface area is 112 Å². The van der Waals surface area contributed by atoms with Gasteiger partial charge in [0.05, 0.1) is 12.2 Å². The van der Waals surface area contributed by atoms with Crippen LogP contribution in [0.15, 0.2) is 18.2 Å². The highest BCUT2D eigenvalue weighted by molar-refractivity contribution is 5.97. The summed E-state index contributed by atoms with van der Waals surface area (Å²) in [5.41, 5.74) is 0.499. The molecule has 0 atom stereocenters. The first kappa shape index (κ1) is 13.7. The number of aliphatic hydroxyl groups excluding tert-OH is 1. The van der Waals surface area contributed by atoms with Crippen molar-refractivity contribution in [3.63, 3.8) is 0 Å². The average molecular weight is 265 g/mol. The van der Waals surface area contributed by atoms with Gasteiger partial charge in [-0.3, -0.25) is 4.79 Å². The number of rotatable bonds is 5. The van der Waals surface area contributed by atoms with Crippen molar-refractivity contribution in [3.05, 3.63) is 23.8 Å². The van der Waals surface area contributed by atoms with Crippen LogP contribution < -0.4 is 9.47 Å². The first-order chi connectivity index (χ1) is 9.27. The third-order valence-electron chi connectivity index (χ3n) is 2.95. The molecule has 1 N–H and O–H groups in total. The molecule has 0 aliphatic carbocycles. The summed E-state index contributed by atoms with van der Waals surface area (Å²) in [6, 6.07) is 5.31. The van der Waals surface area contributed by atoms with Crippen LogP contribution in [0, 0.1) is 0 Å². The van der Waals surface area contributed by atoms with Crippen molar-refractivity contribution in [1.82, 2.24) is 4.90 Å². The van der Waals surface area contributed by atoms with Crippen molar-refractivity contribution in [2.75, 3.05) is 32.9 Å². The molecule has 1 aliphatic rings. The molecule has 1 aliphatic heterocycles. The Balaban J connectivity index is 2.27. The molecule has 5 nitrogen and oxygen atoms in total. The van der Waals surface area contributed by atoms with Gasteiger partial charge in [-0.1, -0.05) is 13.0 Å². The van der Waals surface area contributed by atoms with Crippen LogP contribution >= 0.6 is 0 Å². The number of benzene rings is 1. The molecule has 104 valence electrons. The van der Waals surface area contributed by atoms with Gasteiger partial charge < -0.3 is 19.5 Å². The summed E-state index contributed by atoms with van der Waals surface area (Å²) in [6.45, 7) is 3.85. The number of nitrogens with zero attached hydrogens (tertiary/aromatic N) is 1.